The number of methoxy groups -OCH3 is 1. The highest BCUT2D eigenvalue weighted by Crippen LogP contribution is 2.04. The van der Waals surface area contributed by atoms with Crippen LogP contribution in [0.1, 0.15) is 38.5 Å². The maximum absolute atomic E-state index is 10.6. The van der Waals surface area contributed by atoms with Crippen LogP contribution < -0.4 is 0 Å². The number of esters is 1. The quantitative estimate of drug-likeness (QED) is 0.431. The van der Waals surface area contributed by atoms with E-state index < -0.39 is 0 Å². The van der Waals surface area contributed by atoms with Gasteiger partial charge in [0.2, 0.25) is 0 Å². The van der Waals surface area contributed by atoms with Gasteiger partial charge in [0.05, 0.1) is 7.11 Å². The summed E-state index contributed by atoms with van der Waals surface area (Å²) in [5.41, 5.74) is 0. The number of hydrogen-bond acceptors (Lipinski definition) is 3. The SMILES string of the molecule is COC(=O)CCCCCC[C]=O. The van der Waals surface area contributed by atoms with Gasteiger partial charge >= 0.3 is 5.97 Å². The zero-order valence-corrected chi connectivity index (χ0v) is 7.47. The predicted molar refractivity (Wildman–Crippen MR) is 45.4 cm³/mol. The Morgan fingerprint density at radius 2 is 1.92 bits per heavy atom. The van der Waals surface area contributed by atoms with Crippen LogP contribution in [-0.4, -0.2) is 19.4 Å². The smallest absolute Gasteiger partial charge is 0.305 e. The van der Waals surface area contributed by atoms with Crippen LogP contribution in [0.15, 0.2) is 0 Å². The van der Waals surface area contributed by atoms with E-state index in [1.54, 1.807) is 0 Å². The molecule has 0 rings (SSSR count). The maximum atomic E-state index is 10.6. The molecule has 0 amide bonds. The lowest BCUT2D eigenvalue weighted by Gasteiger charge is -1.98. The average Bonchev–Trinajstić information content (AvgIpc) is 2.10. The van der Waals surface area contributed by atoms with Crippen molar-refractivity contribution in [1.82, 2.24) is 0 Å². The van der Waals surface area contributed by atoms with E-state index in [1.165, 1.54) is 7.11 Å². The molecule has 0 heterocycles. The summed E-state index contributed by atoms with van der Waals surface area (Å²) >= 11 is 0. The number of rotatable bonds is 7. The van der Waals surface area contributed by atoms with E-state index in [4.69, 9.17) is 0 Å². The normalized spacial score (nSPS) is 9.42. The van der Waals surface area contributed by atoms with Crippen LogP contribution in [0.5, 0.6) is 0 Å². The van der Waals surface area contributed by atoms with E-state index in [0.29, 0.717) is 12.8 Å². The van der Waals surface area contributed by atoms with Gasteiger partial charge in [0.15, 0.2) is 6.29 Å². The Labute approximate surface area is 73.1 Å². The number of ether oxygens (including phenoxy) is 1. The van der Waals surface area contributed by atoms with Crippen LogP contribution in [0.2, 0.25) is 0 Å². The highest BCUT2D eigenvalue weighted by Gasteiger charge is 1.98. The van der Waals surface area contributed by atoms with Gasteiger partial charge in [0.25, 0.3) is 0 Å². The molecule has 0 aromatic heterocycles. The molecule has 0 N–H and O–H groups in total. The third kappa shape index (κ3) is 7.25. The van der Waals surface area contributed by atoms with Gasteiger partial charge in [-0.15, -0.1) is 0 Å². The van der Waals surface area contributed by atoms with E-state index in [1.807, 2.05) is 6.29 Å². The molecule has 0 bridgehead atoms. The molecule has 0 fully saturated rings. The van der Waals surface area contributed by atoms with Gasteiger partial charge in [-0.2, -0.15) is 0 Å². The lowest BCUT2D eigenvalue weighted by atomic mass is 10.1. The minimum atomic E-state index is -0.156. The second-order valence-corrected chi connectivity index (χ2v) is 2.63. The summed E-state index contributed by atoms with van der Waals surface area (Å²) in [5, 5.41) is 0. The zero-order chi connectivity index (χ0) is 9.23. The third-order valence-corrected chi connectivity index (χ3v) is 1.64. The first-order valence-corrected chi connectivity index (χ1v) is 4.23. The Hall–Kier alpha value is -0.860. The molecule has 3 heteroatoms. The van der Waals surface area contributed by atoms with Gasteiger partial charge in [-0.3, -0.25) is 9.59 Å². The summed E-state index contributed by atoms with van der Waals surface area (Å²) in [6.07, 6.45) is 6.54. The monoisotopic (exact) mass is 171 g/mol. The molecule has 1 radical (unpaired) electrons. The van der Waals surface area contributed by atoms with Crippen molar-refractivity contribution in [2.75, 3.05) is 7.11 Å². The molecule has 69 valence electrons. The summed E-state index contributed by atoms with van der Waals surface area (Å²) < 4.78 is 4.48. The molecule has 0 unspecified atom stereocenters. The summed E-state index contributed by atoms with van der Waals surface area (Å²) in [5.74, 6) is -0.156. The molecule has 0 aliphatic rings. The number of unbranched alkanes of at least 4 members (excludes halogenated alkanes) is 4. The first-order chi connectivity index (χ1) is 5.81. The van der Waals surface area contributed by atoms with E-state index >= 15 is 0 Å². The van der Waals surface area contributed by atoms with Crippen LogP contribution in [-0.2, 0) is 14.3 Å². The Morgan fingerprint density at radius 3 is 2.50 bits per heavy atom. The summed E-state index contributed by atoms with van der Waals surface area (Å²) in [6.45, 7) is 0. The fraction of sp³-hybridized carbons (Fsp3) is 0.778. The van der Waals surface area contributed by atoms with Crippen molar-refractivity contribution >= 4 is 12.3 Å². The van der Waals surface area contributed by atoms with Gasteiger partial charge < -0.3 is 4.74 Å². The molecule has 0 saturated carbocycles. The molecule has 0 atom stereocenters. The standard InChI is InChI=1S/C9H15O3/c1-12-9(11)7-5-3-2-4-6-8-10/h2-7H2,1H3. The largest absolute Gasteiger partial charge is 0.469 e. The lowest BCUT2D eigenvalue weighted by Crippen LogP contribution is -1.99. The molecule has 0 saturated heterocycles. The van der Waals surface area contributed by atoms with E-state index in [0.717, 1.165) is 25.7 Å². The van der Waals surface area contributed by atoms with Crippen molar-refractivity contribution in [3.8, 4) is 0 Å². The summed E-state index contributed by atoms with van der Waals surface area (Å²) in [4.78, 5) is 20.4. The summed E-state index contributed by atoms with van der Waals surface area (Å²) in [6, 6.07) is 0. The first kappa shape index (κ1) is 11.1. The molecule has 0 spiro atoms. The van der Waals surface area contributed by atoms with Gasteiger partial charge in [-0.05, 0) is 12.8 Å². The van der Waals surface area contributed by atoms with Crippen LogP contribution in [0.25, 0.3) is 0 Å². The van der Waals surface area contributed by atoms with Crippen LogP contribution >= 0.6 is 0 Å². The Bertz CT molecular complexity index is 132. The number of hydrogen-bond donors (Lipinski definition) is 0. The average molecular weight is 171 g/mol. The second kappa shape index (κ2) is 8.24. The predicted octanol–water partition coefficient (Wildman–Crippen LogP) is 1.61. The molecule has 0 aromatic rings. The molecule has 0 aromatic carbocycles. The fourth-order valence-electron chi connectivity index (χ4n) is 0.922. The Kier molecular flexibility index (Phi) is 7.65. The van der Waals surface area contributed by atoms with Gasteiger partial charge in [-0.25, -0.2) is 0 Å². The molecule has 12 heavy (non-hydrogen) atoms. The minimum Gasteiger partial charge on any atom is -0.469 e. The van der Waals surface area contributed by atoms with Crippen LogP contribution in [0.4, 0.5) is 0 Å². The second-order valence-electron chi connectivity index (χ2n) is 2.63. The molecular formula is C9H15O3. The van der Waals surface area contributed by atoms with Gasteiger partial charge in [0.1, 0.15) is 0 Å². The first-order valence-electron chi connectivity index (χ1n) is 4.23. The lowest BCUT2D eigenvalue weighted by molar-refractivity contribution is -0.140. The van der Waals surface area contributed by atoms with Crippen molar-refractivity contribution in [3.05, 3.63) is 0 Å². The van der Waals surface area contributed by atoms with Gasteiger partial charge in [-0.1, -0.05) is 12.8 Å². The summed E-state index contributed by atoms with van der Waals surface area (Å²) in [7, 11) is 1.39. The van der Waals surface area contributed by atoms with Crippen molar-refractivity contribution in [2.45, 2.75) is 38.5 Å². The highest BCUT2D eigenvalue weighted by molar-refractivity contribution is 5.68. The Morgan fingerprint density at radius 1 is 1.25 bits per heavy atom. The topological polar surface area (TPSA) is 43.4 Å². The number of carbonyl (C=O) groups is 1. The minimum absolute atomic E-state index is 0.156. The Balaban J connectivity index is 3.00. The van der Waals surface area contributed by atoms with Crippen molar-refractivity contribution < 1.29 is 14.3 Å². The fourth-order valence-corrected chi connectivity index (χ4v) is 0.922. The van der Waals surface area contributed by atoms with Crippen LogP contribution in [0.3, 0.4) is 0 Å². The maximum Gasteiger partial charge on any atom is 0.305 e. The molecule has 0 aliphatic heterocycles. The number of carbonyl (C=O) groups excluding carboxylic acids is 2. The van der Waals surface area contributed by atoms with Crippen molar-refractivity contribution in [1.29, 1.82) is 0 Å². The van der Waals surface area contributed by atoms with Crippen LogP contribution in [0, 0.1) is 0 Å². The van der Waals surface area contributed by atoms with E-state index in [9.17, 15) is 9.59 Å². The molecular weight excluding hydrogens is 156 g/mol. The van der Waals surface area contributed by atoms with Gasteiger partial charge in [0, 0.05) is 12.8 Å². The van der Waals surface area contributed by atoms with Crippen molar-refractivity contribution in [3.63, 3.8) is 0 Å². The highest BCUT2D eigenvalue weighted by atomic mass is 16.5. The molecule has 0 aliphatic carbocycles. The zero-order valence-electron chi connectivity index (χ0n) is 7.47. The third-order valence-electron chi connectivity index (χ3n) is 1.64. The van der Waals surface area contributed by atoms with Crippen molar-refractivity contribution in [2.24, 2.45) is 0 Å². The van der Waals surface area contributed by atoms with E-state index in [-0.39, 0.29) is 5.97 Å². The molecule has 3 nitrogen and oxygen atoms in total. The van der Waals surface area contributed by atoms with E-state index in [2.05, 4.69) is 4.74 Å².